The normalized spacial score (nSPS) is 21.9. The van der Waals surface area contributed by atoms with Crippen LogP contribution in [0.4, 0.5) is 4.79 Å². The second-order valence-corrected chi connectivity index (χ2v) is 10.1. The Labute approximate surface area is 161 Å². The molecule has 2 aliphatic rings. The molecule has 2 heterocycles. The molecular formula is C19H29N3O4S. The van der Waals surface area contributed by atoms with E-state index in [1.807, 2.05) is 4.90 Å². The molecule has 27 heavy (non-hydrogen) atoms. The van der Waals surface area contributed by atoms with Crippen LogP contribution in [0.15, 0.2) is 29.2 Å². The Bertz CT molecular complexity index is 786. The molecule has 1 saturated heterocycles. The number of amides is 2. The molecule has 0 aromatic heterocycles. The average molecular weight is 396 g/mol. The maximum absolute atomic E-state index is 12.9. The van der Waals surface area contributed by atoms with Gasteiger partial charge in [-0.05, 0) is 30.9 Å². The van der Waals surface area contributed by atoms with E-state index in [9.17, 15) is 13.2 Å². The van der Waals surface area contributed by atoms with E-state index in [0.29, 0.717) is 57.3 Å². The van der Waals surface area contributed by atoms with Gasteiger partial charge in [0.05, 0.1) is 6.61 Å². The van der Waals surface area contributed by atoms with Crippen molar-refractivity contribution in [3.05, 3.63) is 24.3 Å². The summed E-state index contributed by atoms with van der Waals surface area (Å²) in [5.74, 6) is 0.809. The third-order valence-corrected chi connectivity index (χ3v) is 7.24. The van der Waals surface area contributed by atoms with Gasteiger partial charge >= 0.3 is 6.03 Å². The van der Waals surface area contributed by atoms with Crippen LogP contribution in [0.3, 0.4) is 0 Å². The van der Waals surface area contributed by atoms with E-state index in [1.54, 1.807) is 31.3 Å². The van der Waals surface area contributed by atoms with Crippen LogP contribution in [-0.4, -0.2) is 63.5 Å². The van der Waals surface area contributed by atoms with E-state index < -0.39 is 10.0 Å². The highest BCUT2D eigenvalue weighted by atomic mass is 32.2. The molecule has 1 aromatic rings. The molecule has 1 fully saturated rings. The molecule has 0 atom stereocenters. The van der Waals surface area contributed by atoms with Crippen LogP contribution in [-0.2, 0) is 10.0 Å². The number of nitrogens with one attached hydrogen (secondary N) is 1. The van der Waals surface area contributed by atoms with Gasteiger partial charge in [-0.3, -0.25) is 0 Å². The van der Waals surface area contributed by atoms with E-state index in [1.165, 1.54) is 4.31 Å². The first kappa shape index (κ1) is 19.9. The standard InChI is InChI=1S/C19H29N3O4S/c1-15(2)12-20-18(23)22-10-8-19(9-11-22)13-21(3)27(24,25)17-7-5-4-6-16(17)26-14-19/h4-7,15H,8-14H2,1-3H3,(H,20,23). The van der Waals surface area contributed by atoms with Crippen LogP contribution in [0.2, 0.25) is 0 Å². The number of carbonyl (C=O) groups is 1. The summed E-state index contributed by atoms with van der Waals surface area (Å²) in [5.41, 5.74) is -0.288. The first-order valence-corrected chi connectivity index (χ1v) is 10.9. The molecular weight excluding hydrogens is 366 g/mol. The van der Waals surface area contributed by atoms with Crippen LogP contribution in [0, 0.1) is 11.3 Å². The van der Waals surface area contributed by atoms with E-state index in [0.717, 1.165) is 0 Å². The number of carbonyl (C=O) groups excluding carboxylic acids is 1. The molecule has 0 aliphatic carbocycles. The van der Waals surface area contributed by atoms with Gasteiger partial charge in [-0.25, -0.2) is 17.5 Å². The van der Waals surface area contributed by atoms with Crippen molar-refractivity contribution >= 4 is 16.1 Å². The Balaban J connectivity index is 1.73. The number of urea groups is 1. The van der Waals surface area contributed by atoms with Crippen LogP contribution in [0.25, 0.3) is 0 Å². The SMILES string of the molecule is CC(C)CNC(=O)N1CCC2(CC1)COc1ccccc1S(=O)(=O)N(C)C2. The summed E-state index contributed by atoms with van der Waals surface area (Å²) < 4.78 is 33.2. The maximum Gasteiger partial charge on any atom is 0.317 e. The number of rotatable bonds is 2. The lowest BCUT2D eigenvalue weighted by Gasteiger charge is -2.44. The van der Waals surface area contributed by atoms with Gasteiger partial charge in [-0.1, -0.05) is 26.0 Å². The van der Waals surface area contributed by atoms with Crippen LogP contribution in [0.1, 0.15) is 26.7 Å². The first-order chi connectivity index (χ1) is 12.7. The number of sulfonamides is 1. The minimum Gasteiger partial charge on any atom is -0.492 e. The van der Waals surface area contributed by atoms with E-state index >= 15 is 0 Å². The molecule has 1 N–H and O–H groups in total. The van der Waals surface area contributed by atoms with Crippen molar-refractivity contribution < 1.29 is 17.9 Å². The topological polar surface area (TPSA) is 79.0 Å². The van der Waals surface area contributed by atoms with Crippen molar-refractivity contribution in [3.8, 4) is 5.75 Å². The monoisotopic (exact) mass is 395 g/mol. The fraction of sp³-hybridized carbons (Fsp3) is 0.632. The highest BCUT2D eigenvalue weighted by molar-refractivity contribution is 7.89. The first-order valence-electron chi connectivity index (χ1n) is 9.44. The maximum atomic E-state index is 12.9. The number of piperidine rings is 1. The smallest absolute Gasteiger partial charge is 0.317 e. The predicted octanol–water partition coefficient (Wildman–Crippen LogP) is 2.15. The van der Waals surface area contributed by atoms with E-state index in [-0.39, 0.29) is 16.3 Å². The van der Waals surface area contributed by atoms with E-state index in [2.05, 4.69) is 19.2 Å². The second kappa shape index (κ2) is 7.67. The number of hydrogen-bond donors (Lipinski definition) is 1. The van der Waals surface area contributed by atoms with Gasteiger partial charge in [0.1, 0.15) is 10.6 Å². The summed E-state index contributed by atoms with van der Waals surface area (Å²) in [6.45, 7) is 6.82. The molecule has 8 heteroatoms. The highest BCUT2D eigenvalue weighted by Gasteiger charge is 2.42. The van der Waals surface area contributed by atoms with Gasteiger partial charge in [0, 0.05) is 38.6 Å². The largest absolute Gasteiger partial charge is 0.492 e. The summed E-state index contributed by atoms with van der Waals surface area (Å²) in [6, 6.07) is 6.73. The molecule has 3 rings (SSSR count). The zero-order valence-electron chi connectivity index (χ0n) is 16.3. The van der Waals surface area contributed by atoms with Crippen LogP contribution >= 0.6 is 0 Å². The summed E-state index contributed by atoms with van der Waals surface area (Å²) in [4.78, 5) is 14.3. The van der Waals surface area contributed by atoms with Gasteiger partial charge in [0.2, 0.25) is 10.0 Å². The lowest BCUT2D eigenvalue weighted by atomic mass is 9.79. The number of fused-ring (bicyclic) bond motifs is 1. The van der Waals surface area contributed by atoms with Gasteiger partial charge in [-0.15, -0.1) is 0 Å². The fourth-order valence-corrected chi connectivity index (χ4v) is 5.09. The molecule has 2 amide bonds. The van der Waals surface area contributed by atoms with Crippen molar-refractivity contribution in [3.63, 3.8) is 0 Å². The Morgan fingerprint density at radius 2 is 1.93 bits per heavy atom. The van der Waals surface area contributed by atoms with E-state index in [4.69, 9.17) is 4.74 Å². The van der Waals surface area contributed by atoms with Gasteiger partial charge < -0.3 is 15.0 Å². The molecule has 0 unspecified atom stereocenters. The average Bonchev–Trinajstić information content (AvgIpc) is 2.64. The lowest BCUT2D eigenvalue weighted by molar-refractivity contribution is 0.0493. The zero-order valence-corrected chi connectivity index (χ0v) is 17.1. The molecule has 0 bridgehead atoms. The molecule has 1 spiro atoms. The Kier molecular flexibility index (Phi) is 5.67. The number of hydrogen-bond acceptors (Lipinski definition) is 4. The van der Waals surface area contributed by atoms with Gasteiger partial charge in [0.25, 0.3) is 0 Å². The Hall–Kier alpha value is -1.80. The van der Waals surface area contributed by atoms with Crippen molar-refractivity contribution in [1.29, 1.82) is 0 Å². The Morgan fingerprint density at radius 1 is 1.26 bits per heavy atom. The zero-order chi connectivity index (χ0) is 19.7. The minimum absolute atomic E-state index is 0.0448. The summed E-state index contributed by atoms with van der Waals surface area (Å²) in [5, 5.41) is 2.95. The molecule has 2 aliphatic heterocycles. The molecule has 7 nitrogen and oxygen atoms in total. The molecule has 1 aromatic carbocycles. The predicted molar refractivity (Wildman–Crippen MR) is 103 cm³/mol. The molecule has 0 radical (unpaired) electrons. The molecule has 0 saturated carbocycles. The lowest BCUT2D eigenvalue weighted by Crippen LogP contribution is -2.53. The van der Waals surface area contributed by atoms with Gasteiger partial charge in [0.15, 0.2) is 0 Å². The minimum atomic E-state index is -3.59. The van der Waals surface area contributed by atoms with Crippen molar-refractivity contribution in [2.24, 2.45) is 11.3 Å². The summed E-state index contributed by atoms with van der Waals surface area (Å²) >= 11 is 0. The Morgan fingerprint density at radius 3 is 2.59 bits per heavy atom. The number of benzene rings is 1. The molecule has 150 valence electrons. The third kappa shape index (κ3) is 4.21. The number of para-hydroxylation sites is 1. The summed E-state index contributed by atoms with van der Waals surface area (Å²) in [7, 11) is -1.96. The van der Waals surface area contributed by atoms with Crippen LogP contribution in [0.5, 0.6) is 5.75 Å². The number of likely N-dealkylation sites (tertiary alicyclic amines) is 1. The van der Waals surface area contributed by atoms with Crippen molar-refractivity contribution in [2.45, 2.75) is 31.6 Å². The summed E-state index contributed by atoms with van der Waals surface area (Å²) in [6.07, 6.45) is 1.42. The highest BCUT2D eigenvalue weighted by Crippen LogP contribution is 2.38. The van der Waals surface area contributed by atoms with Crippen molar-refractivity contribution in [1.82, 2.24) is 14.5 Å². The fourth-order valence-electron chi connectivity index (χ4n) is 3.67. The second-order valence-electron chi connectivity index (χ2n) is 8.06. The van der Waals surface area contributed by atoms with Crippen LogP contribution < -0.4 is 10.1 Å². The number of ether oxygens (including phenoxy) is 1. The van der Waals surface area contributed by atoms with Crippen molar-refractivity contribution in [2.75, 3.05) is 39.8 Å². The van der Waals surface area contributed by atoms with Gasteiger partial charge in [-0.2, -0.15) is 0 Å². The third-order valence-electron chi connectivity index (χ3n) is 5.40. The quantitative estimate of drug-likeness (QED) is 0.832. The number of nitrogens with zero attached hydrogens (tertiary/aromatic N) is 2.